The van der Waals surface area contributed by atoms with E-state index in [-0.39, 0.29) is 17.2 Å². The second-order valence-corrected chi connectivity index (χ2v) is 4.44. The largest absolute Gasteiger partial charge is 0.320 e. The van der Waals surface area contributed by atoms with Crippen molar-refractivity contribution in [3.8, 4) is 0 Å². The Labute approximate surface area is 119 Å². The van der Waals surface area contributed by atoms with Crippen LogP contribution in [-0.4, -0.2) is 15.9 Å². The molecule has 0 aliphatic heterocycles. The minimum Gasteiger partial charge on any atom is -0.320 e. The van der Waals surface area contributed by atoms with E-state index in [1.165, 1.54) is 19.1 Å². The first-order valence-corrected chi connectivity index (χ1v) is 6.08. The molecule has 110 valence electrons. The molecular formula is C14H12F3N3O. The minimum atomic E-state index is -2.80. The number of alkyl halides is 2. The summed E-state index contributed by atoms with van der Waals surface area (Å²) in [6.07, 6.45) is -2.80. The molecule has 0 spiro atoms. The van der Waals surface area contributed by atoms with Gasteiger partial charge in [0, 0.05) is 5.69 Å². The zero-order chi connectivity index (χ0) is 15.6. The summed E-state index contributed by atoms with van der Waals surface area (Å²) < 4.78 is 38.5. The number of nitrogens with zero attached hydrogens (tertiary/aromatic N) is 2. The predicted octanol–water partition coefficient (Wildman–Crippen LogP) is 3.42. The standard InChI is InChI=1S/C14H12F3N3O/c1-7-3-4-9(15)5-10(7)20-14(21)12-6-11(13(16)17)18-8(2)19-12/h3-6,13H,1-2H3,(H,20,21). The van der Waals surface area contributed by atoms with Gasteiger partial charge in [0.25, 0.3) is 12.3 Å². The van der Waals surface area contributed by atoms with Crippen LogP contribution in [0.1, 0.15) is 34.0 Å². The van der Waals surface area contributed by atoms with Crippen LogP contribution in [0.2, 0.25) is 0 Å². The topological polar surface area (TPSA) is 54.9 Å². The molecule has 0 unspecified atom stereocenters. The van der Waals surface area contributed by atoms with Gasteiger partial charge in [-0.1, -0.05) is 6.07 Å². The number of anilines is 1. The molecule has 1 aromatic carbocycles. The number of aromatic nitrogens is 2. The Morgan fingerprint density at radius 3 is 2.57 bits per heavy atom. The normalized spacial score (nSPS) is 10.8. The fraction of sp³-hybridized carbons (Fsp3) is 0.214. The second-order valence-electron chi connectivity index (χ2n) is 4.44. The summed E-state index contributed by atoms with van der Waals surface area (Å²) in [7, 11) is 0. The van der Waals surface area contributed by atoms with E-state index >= 15 is 0 Å². The zero-order valence-corrected chi connectivity index (χ0v) is 11.3. The summed E-state index contributed by atoms with van der Waals surface area (Å²) in [6.45, 7) is 3.10. The van der Waals surface area contributed by atoms with E-state index in [0.717, 1.165) is 12.1 Å². The fourth-order valence-corrected chi connectivity index (χ4v) is 1.73. The van der Waals surface area contributed by atoms with E-state index < -0.39 is 23.8 Å². The molecule has 1 amide bonds. The van der Waals surface area contributed by atoms with Gasteiger partial charge in [0.05, 0.1) is 0 Å². The molecular weight excluding hydrogens is 283 g/mol. The lowest BCUT2D eigenvalue weighted by atomic mass is 10.2. The van der Waals surface area contributed by atoms with E-state index in [1.807, 2.05) is 0 Å². The highest BCUT2D eigenvalue weighted by molar-refractivity contribution is 6.03. The Morgan fingerprint density at radius 1 is 1.19 bits per heavy atom. The van der Waals surface area contributed by atoms with Crippen molar-refractivity contribution in [3.05, 3.63) is 52.9 Å². The number of carbonyl (C=O) groups excluding carboxylic acids is 1. The summed E-state index contributed by atoms with van der Waals surface area (Å²) in [5.41, 5.74) is 0.185. The SMILES string of the molecule is Cc1nc(C(=O)Nc2cc(F)ccc2C)cc(C(F)F)n1. The lowest BCUT2D eigenvalue weighted by molar-refractivity contribution is 0.102. The van der Waals surface area contributed by atoms with Crippen molar-refractivity contribution < 1.29 is 18.0 Å². The smallest absolute Gasteiger partial charge is 0.280 e. The summed E-state index contributed by atoms with van der Waals surface area (Å²) in [5, 5.41) is 2.45. The molecule has 4 nitrogen and oxygen atoms in total. The lowest BCUT2D eigenvalue weighted by Crippen LogP contribution is -2.16. The van der Waals surface area contributed by atoms with Crippen LogP contribution in [0.4, 0.5) is 18.9 Å². The monoisotopic (exact) mass is 295 g/mol. The van der Waals surface area contributed by atoms with Gasteiger partial charge >= 0.3 is 0 Å². The van der Waals surface area contributed by atoms with Crippen LogP contribution in [0.5, 0.6) is 0 Å². The fourth-order valence-electron chi connectivity index (χ4n) is 1.73. The van der Waals surface area contributed by atoms with Gasteiger partial charge in [-0.05, 0) is 37.6 Å². The molecule has 0 aliphatic carbocycles. The molecule has 0 bridgehead atoms. The van der Waals surface area contributed by atoms with Gasteiger partial charge in [-0.2, -0.15) is 0 Å². The third-order valence-electron chi connectivity index (χ3n) is 2.76. The summed E-state index contributed by atoms with van der Waals surface area (Å²) >= 11 is 0. The number of amides is 1. The van der Waals surface area contributed by atoms with E-state index in [0.29, 0.717) is 5.56 Å². The highest BCUT2D eigenvalue weighted by atomic mass is 19.3. The maximum Gasteiger partial charge on any atom is 0.280 e. The minimum absolute atomic E-state index is 0.0638. The van der Waals surface area contributed by atoms with Gasteiger partial charge < -0.3 is 5.32 Å². The van der Waals surface area contributed by atoms with Gasteiger partial charge in [-0.15, -0.1) is 0 Å². The van der Waals surface area contributed by atoms with Gasteiger partial charge in [-0.25, -0.2) is 23.1 Å². The molecule has 7 heteroatoms. The number of rotatable bonds is 3. The lowest BCUT2D eigenvalue weighted by Gasteiger charge is -2.09. The van der Waals surface area contributed by atoms with Crippen molar-refractivity contribution in [2.24, 2.45) is 0 Å². The second kappa shape index (κ2) is 5.90. The third kappa shape index (κ3) is 3.56. The molecule has 21 heavy (non-hydrogen) atoms. The van der Waals surface area contributed by atoms with Crippen LogP contribution >= 0.6 is 0 Å². The number of hydrogen-bond acceptors (Lipinski definition) is 3. The van der Waals surface area contributed by atoms with E-state index in [2.05, 4.69) is 15.3 Å². The summed E-state index contributed by atoms with van der Waals surface area (Å²) in [4.78, 5) is 19.4. The molecule has 1 N–H and O–H groups in total. The van der Waals surface area contributed by atoms with Crippen LogP contribution in [0.3, 0.4) is 0 Å². The van der Waals surface area contributed by atoms with Gasteiger partial charge in [0.15, 0.2) is 0 Å². The highest BCUT2D eigenvalue weighted by Crippen LogP contribution is 2.19. The number of benzene rings is 1. The molecule has 2 rings (SSSR count). The molecule has 0 radical (unpaired) electrons. The molecule has 0 aliphatic rings. The van der Waals surface area contributed by atoms with Crippen molar-refractivity contribution in [1.82, 2.24) is 9.97 Å². The van der Waals surface area contributed by atoms with E-state index in [4.69, 9.17) is 0 Å². The Kier molecular flexibility index (Phi) is 4.21. The first-order chi connectivity index (χ1) is 9.86. The van der Waals surface area contributed by atoms with Gasteiger partial charge in [0.2, 0.25) is 0 Å². The highest BCUT2D eigenvalue weighted by Gasteiger charge is 2.16. The molecule has 0 saturated heterocycles. The summed E-state index contributed by atoms with van der Waals surface area (Å²) in [5.74, 6) is -1.15. The zero-order valence-electron chi connectivity index (χ0n) is 11.3. The number of halogens is 3. The molecule has 2 aromatic rings. The number of hydrogen-bond donors (Lipinski definition) is 1. The molecule has 0 atom stereocenters. The Hall–Kier alpha value is -2.44. The van der Waals surface area contributed by atoms with Crippen molar-refractivity contribution in [2.45, 2.75) is 20.3 Å². The third-order valence-corrected chi connectivity index (χ3v) is 2.76. The average Bonchev–Trinajstić information content (AvgIpc) is 2.42. The van der Waals surface area contributed by atoms with Crippen molar-refractivity contribution in [3.63, 3.8) is 0 Å². The Bertz CT molecular complexity index is 689. The predicted molar refractivity (Wildman–Crippen MR) is 70.8 cm³/mol. The van der Waals surface area contributed by atoms with Gasteiger partial charge in [0.1, 0.15) is 23.0 Å². The van der Waals surface area contributed by atoms with Crippen molar-refractivity contribution in [2.75, 3.05) is 5.32 Å². The van der Waals surface area contributed by atoms with Crippen molar-refractivity contribution in [1.29, 1.82) is 0 Å². The van der Waals surface area contributed by atoms with Crippen LogP contribution in [-0.2, 0) is 0 Å². The molecule has 0 saturated carbocycles. The molecule has 1 aromatic heterocycles. The van der Waals surface area contributed by atoms with Crippen LogP contribution in [0.25, 0.3) is 0 Å². The average molecular weight is 295 g/mol. The van der Waals surface area contributed by atoms with Crippen molar-refractivity contribution >= 4 is 11.6 Å². The summed E-state index contributed by atoms with van der Waals surface area (Å²) in [6, 6.07) is 4.83. The number of nitrogens with one attached hydrogen (secondary N) is 1. The first-order valence-electron chi connectivity index (χ1n) is 6.08. The maximum absolute atomic E-state index is 13.2. The van der Waals surface area contributed by atoms with Crippen LogP contribution in [0.15, 0.2) is 24.3 Å². The Morgan fingerprint density at radius 2 is 1.90 bits per heavy atom. The van der Waals surface area contributed by atoms with Crippen LogP contribution < -0.4 is 5.32 Å². The molecule has 0 fully saturated rings. The number of aryl methyl sites for hydroxylation is 2. The van der Waals surface area contributed by atoms with E-state index in [1.54, 1.807) is 6.92 Å². The van der Waals surface area contributed by atoms with E-state index in [9.17, 15) is 18.0 Å². The quantitative estimate of drug-likeness (QED) is 0.944. The maximum atomic E-state index is 13.2. The van der Waals surface area contributed by atoms with Crippen LogP contribution in [0, 0.1) is 19.7 Å². The Balaban J connectivity index is 2.30. The first kappa shape index (κ1) is 15.0. The van der Waals surface area contributed by atoms with Gasteiger partial charge in [-0.3, -0.25) is 4.79 Å². The molecule has 1 heterocycles. The number of carbonyl (C=O) groups is 1.